The molecule has 0 aliphatic heterocycles. The minimum Gasteiger partial charge on any atom is -0.445 e. The second kappa shape index (κ2) is 6.85. The van der Waals surface area contributed by atoms with Crippen molar-refractivity contribution in [3.8, 4) is 0 Å². The van der Waals surface area contributed by atoms with E-state index in [9.17, 15) is 4.79 Å². The molecule has 0 radical (unpaired) electrons. The first-order valence-electron chi connectivity index (χ1n) is 8.97. The Morgan fingerprint density at radius 3 is 2.78 bits per heavy atom. The maximum Gasteiger partial charge on any atom is 0.408 e. The first-order chi connectivity index (χ1) is 12.9. The highest BCUT2D eigenvalue weighted by atomic mass is 35.5. The van der Waals surface area contributed by atoms with Crippen molar-refractivity contribution in [1.29, 1.82) is 0 Å². The maximum absolute atomic E-state index is 12.4. The SMILES string of the molecule is CC(C)(NC(=O)OCc1ccccc1)c1nc(C2CC2)c2cnc(Cl)cn12. The van der Waals surface area contributed by atoms with Crippen LogP contribution in [0.5, 0.6) is 0 Å². The highest BCUT2D eigenvalue weighted by Gasteiger charge is 2.34. The van der Waals surface area contributed by atoms with E-state index in [2.05, 4.69) is 10.3 Å². The summed E-state index contributed by atoms with van der Waals surface area (Å²) in [4.78, 5) is 21.4. The van der Waals surface area contributed by atoms with E-state index in [4.69, 9.17) is 21.3 Å². The van der Waals surface area contributed by atoms with Crippen molar-refractivity contribution in [1.82, 2.24) is 19.7 Å². The second-order valence-electron chi connectivity index (χ2n) is 7.37. The number of hydrogen-bond acceptors (Lipinski definition) is 4. The van der Waals surface area contributed by atoms with Crippen LogP contribution >= 0.6 is 11.6 Å². The van der Waals surface area contributed by atoms with Gasteiger partial charge in [-0.25, -0.2) is 14.8 Å². The Hall–Kier alpha value is -2.60. The number of nitrogens with one attached hydrogen (secondary N) is 1. The molecular formula is C20H21ClN4O2. The van der Waals surface area contributed by atoms with Crippen LogP contribution in [-0.4, -0.2) is 20.5 Å². The molecule has 2 aromatic heterocycles. The van der Waals surface area contributed by atoms with Gasteiger partial charge in [-0.3, -0.25) is 4.40 Å². The molecule has 0 unspecified atom stereocenters. The van der Waals surface area contributed by atoms with Crippen LogP contribution in [0.2, 0.25) is 5.15 Å². The second-order valence-corrected chi connectivity index (χ2v) is 7.76. The van der Waals surface area contributed by atoms with E-state index in [0.29, 0.717) is 16.9 Å². The standard InChI is InChI=1S/C20H21ClN4O2/c1-20(2,24-19(26)27-12-13-6-4-3-5-7-13)18-23-17(14-8-9-14)15-10-22-16(21)11-25(15)18/h3-7,10-11,14H,8-9,12H2,1-2H3,(H,24,26). The van der Waals surface area contributed by atoms with E-state index in [-0.39, 0.29) is 6.61 Å². The molecule has 1 fully saturated rings. The molecule has 7 heteroatoms. The summed E-state index contributed by atoms with van der Waals surface area (Å²) in [7, 11) is 0. The van der Waals surface area contributed by atoms with Crippen LogP contribution in [0.4, 0.5) is 4.79 Å². The van der Waals surface area contributed by atoms with E-state index in [1.165, 1.54) is 0 Å². The summed E-state index contributed by atoms with van der Waals surface area (Å²) in [6.07, 6.45) is 5.25. The largest absolute Gasteiger partial charge is 0.445 e. The fourth-order valence-corrected chi connectivity index (χ4v) is 3.30. The quantitative estimate of drug-likeness (QED) is 0.706. The van der Waals surface area contributed by atoms with Gasteiger partial charge in [0.1, 0.15) is 17.6 Å². The molecule has 3 aromatic rings. The van der Waals surface area contributed by atoms with Gasteiger partial charge in [-0.1, -0.05) is 41.9 Å². The molecule has 1 aliphatic carbocycles. The van der Waals surface area contributed by atoms with Crippen LogP contribution < -0.4 is 5.32 Å². The van der Waals surface area contributed by atoms with E-state index in [0.717, 1.165) is 29.6 Å². The van der Waals surface area contributed by atoms with Gasteiger partial charge in [0.05, 0.1) is 22.9 Å². The molecule has 4 rings (SSSR count). The summed E-state index contributed by atoms with van der Waals surface area (Å²) < 4.78 is 7.28. The third kappa shape index (κ3) is 3.76. The highest BCUT2D eigenvalue weighted by molar-refractivity contribution is 6.29. The Morgan fingerprint density at radius 1 is 1.33 bits per heavy atom. The molecule has 140 valence electrons. The van der Waals surface area contributed by atoms with Gasteiger partial charge in [-0.05, 0) is 32.3 Å². The fraction of sp³-hybridized carbons (Fsp3) is 0.350. The lowest BCUT2D eigenvalue weighted by atomic mass is 10.1. The number of amides is 1. The summed E-state index contributed by atoms with van der Waals surface area (Å²) >= 11 is 6.10. The molecule has 6 nitrogen and oxygen atoms in total. The average molecular weight is 385 g/mol. The number of ether oxygens (including phenoxy) is 1. The Labute approximate surface area is 162 Å². The summed E-state index contributed by atoms with van der Waals surface area (Å²) in [6.45, 7) is 4.02. The molecule has 1 aromatic carbocycles. The number of nitrogens with zero attached hydrogens (tertiary/aromatic N) is 3. The number of carbonyl (C=O) groups excluding carboxylic acids is 1. The van der Waals surface area contributed by atoms with Crippen LogP contribution in [0, 0.1) is 0 Å². The zero-order valence-electron chi connectivity index (χ0n) is 15.3. The van der Waals surface area contributed by atoms with Crippen molar-refractivity contribution >= 4 is 23.2 Å². The van der Waals surface area contributed by atoms with E-state index < -0.39 is 11.6 Å². The molecule has 0 saturated heterocycles. The Bertz CT molecular complexity index is 980. The number of rotatable bonds is 5. The molecule has 0 bridgehead atoms. The van der Waals surface area contributed by atoms with Gasteiger partial charge in [0.2, 0.25) is 0 Å². The molecule has 1 aliphatic rings. The lowest BCUT2D eigenvalue weighted by Gasteiger charge is -2.24. The number of benzene rings is 1. The Balaban J connectivity index is 1.56. The minimum absolute atomic E-state index is 0.216. The van der Waals surface area contributed by atoms with Crippen LogP contribution in [0.3, 0.4) is 0 Å². The molecule has 1 amide bonds. The van der Waals surface area contributed by atoms with Crippen molar-refractivity contribution in [2.24, 2.45) is 0 Å². The first-order valence-corrected chi connectivity index (χ1v) is 9.35. The lowest BCUT2D eigenvalue weighted by molar-refractivity contribution is 0.128. The van der Waals surface area contributed by atoms with Gasteiger partial charge >= 0.3 is 6.09 Å². The number of alkyl carbamates (subject to hydrolysis) is 1. The number of imidazole rings is 1. The van der Waals surface area contributed by atoms with Crippen molar-refractivity contribution in [2.45, 2.75) is 44.8 Å². The van der Waals surface area contributed by atoms with Gasteiger partial charge in [0.15, 0.2) is 0 Å². The van der Waals surface area contributed by atoms with Gasteiger partial charge in [-0.2, -0.15) is 0 Å². The zero-order chi connectivity index (χ0) is 19.0. The number of aromatic nitrogens is 3. The highest BCUT2D eigenvalue weighted by Crippen LogP contribution is 2.42. The molecule has 1 N–H and O–H groups in total. The number of hydrogen-bond donors (Lipinski definition) is 1. The van der Waals surface area contributed by atoms with Gasteiger partial charge in [0, 0.05) is 12.1 Å². The monoisotopic (exact) mass is 384 g/mol. The topological polar surface area (TPSA) is 68.5 Å². The zero-order valence-corrected chi connectivity index (χ0v) is 16.0. The fourth-order valence-electron chi connectivity index (χ4n) is 3.15. The predicted molar refractivity (Wildman–Crippen MR) is 103 cm³/mol. The molecule has 0 spiro atoms. The lowest BCUT2D eigenvalue weighted by Crippen LogP contribution is -2.42. The molecular weight excluding hydrogens is 364 g/mol. The average Bonchev–Trinajstić information content (AvgIpc) is 3.41. The third-order valence-corrected chi connectivity index (χ3v) is 4.87. The van der Waals surface area contributed by atoms with E-state index in [1.807, 2.05) is 48.6 Å². The van der Waals surface area contributed by atoms with Crippen LogP contribution in [-0.2, 0) is 16.9 Å². The Kier molecular flexibility index (Phi) is 4.52. The summed E-state index contributed by atoms with van der Waals surface area (Å²) in [5, 5.41) is 3.30. The number of halogens is 1. The molecule has 2 heterocycles. The van der Waals surface area contributed by atoms with Crippen LogP contribution in [0.15, 0.2) is 42.7 Å². The van der Waals surface area contributed by atoms with Crippen LogP contribution in [0.25, 0.3) is 5.52 Å². The van der Waals surface area contributed by atoms with Crippen molar-refractivity contribution in [3.63, 3.8) is 0 Å². The smallest absolute Gasteiger partial charge is 0.408 e. The van der Waals surface area contributed by atoms with Crippen LogP contribution in [0.1, 0.15) is 49.7 Å². The first kappa shape index (κ1) is 17.8. The third-order valence-electron chi connectivity index (χ3n) is 4.67. The van der Waals surface area contributed by atoms with Crippen molar-refractivity contribution in [3.05, 3.63) is 65.0 Å². The van der Waals surface area contributed by atoms with Gasteiger partial charge in [0.25, 0.3) is 0 Å². The molecule has 1 saturated carbocycles. The van der Waals surface area contributed by atoms with Gasteiger partial charge < -0.3 is 10.1 Å². The predicted octanol–water partition coefficient (Wildman–Crippen LogP) is 4.42. The van der Waals surface area contributed by atoms with Crippen molar-refractivity contribution in [2.75, 3.05) is 0 Å². The van der Waals surface area contributed by atoms with Crippen molar-refractivity contribution < 1.29 is 9.53 Å². The number of fused-ring (bicyclic) bond motifs is 1. The summed E-state index contributed by atoms with van der Waals surface area (Å²) in [5.74, 6) is 1.16. The minimum atomic E-state index is -0.742. The summed E-state index contributed by atoms with van der Waals surface area (Å²) in [6, 6.07) is 9.57. The molecule has 27 heavy (non-hydrogen) atoms. The normalized spacial score (nSPS) is 14.3. The van der Waals surface area contributed by atoms with Gasteiger partial charge in [-0.15, -0.1) is 0 Å². The maximum atomic E-state index is 12.4. The van der Waals surface area contributed by atoms with E-state index in [1.54, 1.807) is 12.4 Å². The molecule has 0 atom stereocenters. The summed E-state index contributed by atoms with van der Waals surface area (Å²) in [5.41, 5.74) is 2.14. The Morgan fingerprint density at radius 2 is 2.07 bits per heavy atom. The van der Waals surface area contributed by atoms with E-state index >= 15 is 0 Å². The number of carbonyl (C=O) groups is 1.